The van der Waals surface area contributed by atoms with Crippen molar-refractivity contribution in [1.82, 2.24) is 19.7 Å². The third-order valence-electron chi connectivity index (χ3n) is 3.07. The van der Waals surface area contributed by atoms with Crippen molar-refractivity contribution in [2.75, 3.05) is 18.5 Å². The largest absolute Gasteiger partial charge is 0.358 e. The summed E-state index contributed by atoms with van der Waals surface area (Å²) in [4.78, 5) is 11.0. The number of hydrogen-bond donors (Lipinski definition) is 0. The summed E-state index contributed by atoms with van der Waals surface area (Å²) in [6, 6.07) is 2.04. The number of aromatic nitrogens is 4. The minimum absolute atomic E-state index is 0.770. The normalized spacial score (nSPS) is 10.7. The Balaban J connectivity index is 2.26. The van der Waals surface area contributed by atoms with Crippen molar-refractivity contribution in [3.63, 3.8) is 0 Å². The van der Waals surface area contributed by atoms with Crippen molar-refractivity contribution in [2.24, 2.45) is 0 Å². The van der Waals surface area contributed by atoms with Crippen molar-refractivity contribution in [3.05, 3.63) is 29.8 Å². The molecule has 19 heavy (non-hydrogen) atoms. The Morgan fingerprint density at radius 1 is 1.26 bits per heavy atom. The summed E-state index contributed by atoms with van der Waals surface area (Å²) in [5.41, 5.74) is 2.06. The second-order valence-corrected chi connectivity index (χ2v) is 4.85. The van der Waals surface area contributed by atoms with Gasteiger partial charge in [-0.1, -0.05) is 13.3 Å². The van der Waals surface area contributed by atoms with Gasteiger partial charge in [0.25, 0.3) is 0 Å². The first-order valence-corrected chi connectivity index (χ1v) is 6.68. The number of anilines is 1. The molecule has 5 nitrogen and oxygen atoms in total. The number of rotatable bonds is 5. The molecule has 0 radical (unpaired) electrons. The van der Waals surface area contributed by atoms with E-state index in [9.17, 15) is 0 Å². The fraction of sp³-hybridized carbons (Fsp3) is 0.500. The van der Waals surface area contributed by atoms with Crippen LogP contribution in [-0.4, -0.2) is 33.3 Å². The number of unbranched alkanes of at least 4 members (excludes halogenated alkanes) is 1. The van der Waals surface area contributed by atoms with E-state index in [1.807, 2.05) is 31.6 Å². The highest BCUT2D eigenvalue weighted by atomic mass is 15.3. The van der Waals surface area contributed by atoms with E-state index in [2.05, 4.69) is 26.9 Å². The molecule has 2 aromatic heterocycles. The molecule has 0 saturated carbocycles. The topological polar surface area (TPSA) is 46.8 Å². The molecule has 0 aliphatic rings. The summed E-state index contributed by atoms with van der Waals surface area (Å²) in [6.45, 7) is 7.18. The van der Waals surface area contributed by atoms with E-state index in [-0.39, 0.29) is 0 Å². The van der Waals surface area contributed by atoms with E-state index < -0.39 is 0 Å². The zero-order valence-corrected chi connectivity index (χ0v) is 12.1. The molecule has 2 aromatic rings. The number of nitrogens with zero attached hydrogens (tertiary/aromatic N) is 5. The van der Waals surface area contributed by atoms with Gasteiger partial charge in [0.2, 0.25) is 0 Å². The van der Waals surface area contributed by atoms with E-state index >= 15 is 0 Å². The van der Waals surface area contributed by atoms with Crippen LogP contribution in [0.1, 0.15) is 31.2 Å². The molecule has 2 heterocycles. The fourth-order valence-electron chi connectivity index (χ4n) is 2.00. The van der Waals surface area contributed by atoms with Gasteiger partial charge in [0.15, 0.2) is 5.82 Å². The van der Waals surface area contributed by atoms with Crippen LogP contribution in [0.4, 0.5) is 5.82 Å². The molecule has 0 atom stereocenters. The zero-order valence-electron chi connectivity index (χ0n) is 12.1. The maximum absolute atomic E-state index is 4.63. The van der Waals surface area contributed by atoms with E-state index in [0.717, 1.165) is 36.0 Å². The van der Waals surface area contributed by atoms with Gasteiger partial charge in [-0.05, 0) is 26.3 Å². The Hall–Kier alpha value is -1.91. The predicted octanol–water partition coefficient (Wildman–Crippen LogP) is 2.52. The van der Waals surface area contributed by atoms with Crippen LogP contribution in [0.15, 0.2) is 18.5 Å². The lowest BCUT2D eigenvalue weighted by Crippen LogP contribution is -2.20. The lowest BCUT2D eigenvalue weighted by atomic mass is 10.3. The zero-order chi connectivity index (χ0) is 13.8. The summed E-state index contributed by atoms with van der Waals surface area (Å²) < 4.78 is 1.83. The monoisotopic (exact) mass is 259 g/mol. The molecule has 0 aliphatic heterocycles. The summed E-state index contributed by atoms with van der Waals surface area (Å²) in [6.07, 6.45) is 5.87. The van der Waals surface area contributed by atoms with Gasteiger partial charge < -0.3 is 4.90 Å². The Morgan fingerprint density at radius 3 is 2.68 bits per heavy atom. The quantitative estimate of drug-likeness (QED) is 0.827. The highest BCUT2D eigenvalue weighted by Gasteiger charge is 2.08. The molecular weight excluding hydrogens is 238 g/mol. The van der Waals surface area contributed by atoms with Crippen LogP contribution < -0.4 is 4.90 Å². The van der Waals surface area contributed by atoms with Gasteiger partial charge in [0.05, 0.1) is 18.1 Å². The van der Waals surface area contributed by atoms with Crippen LogP contribution >= 0.6 is 0 Å². The second-order valence-electron chi connectivity index (χ2n) is 4.85. The van der Waals surface area contributed by atoms with E-state index in [1.165, 1.54) is 6.42 Å². The van der Waals surface area contributed by atoms with E-state index in [4.69, 9.17) is 0 Å². The summed E-state index contributed by atoms with van der Waals surface area (Å²) in [5, 5.41) is 4.44. The molecule has 0 aromatic carbocycles. The molecule has 102 valence electrons. The van der Waals surface area contributed by atoms with Crippen LogP contribution in [0.25, 0.3) is 5.82 Å². The van der Waals surface area contributed by atoms with Crippen LogP contribution in [0, 0.1) is 13.8 Å². The standard InChI is InChI=1S/C14H21N5/c1-5-6-7-18(4)13-9-15-10-14(16-13)19-12(3)8-11(2)17-19/h8-10H,5-7H2,1-4H3. The van der Waals surface area contributed by atoms with Crippen molar-refractivity contribution >= 4 is 5.82 Å². The highest BCUT2D eigenvalue weighted by molar-refractivity contribution is 5.38. The first kappa shape index (κ1) is 13.5. The Morgan fingerprint density at radius 2 is 2.05 bits per heavy atom. The van der Waals surface area contributed by atoms with Gasteiger partial charge in [-0.25, -0.2) is 9.67 Å². The van der Waals surface area contributed by atoms with Crippen LogP contribution in [0.3, 0.4) is 0 Å². The average molecular weight is 259 g/mol. The summed E-state index contributed by atoms with van der Waals surface area (Å²) >= 11 is 0. The summed E-state index contributed by atoms with van der Waals surface area (Å²) in [7, 11) is 2.05. The molecular formula is C14H21N5. The molecule has 2 rings (SSSR count). The SMILES string of the molecule is CCCCN(C)c1cncc(-n2nc(C)cc2C)n1. The maximum Gasteiger partial charge on any atom is 0.174 e. The highest BCUT2D eigenvalue weighted by Crippen LogP contribution is 2.13. The number of hydrogen-bond acceptors (Lipinski definition) is 4. The van der Waals surface area contributed by atoms with Crippen molar-refractivity contribution in [2.45, 2.75) is 33.6 Å². The molecule has 0 aliphatic carbocycles. The maximum atomic E-state index is 4.63. The lowest BCUT2D eigenvalue weighted by Gasteiger charge is -2.17. The molecule has 0 saturated heterocycles. The molecule has 0 unspecified atom stereocenters. The van der Waals surface area contributed by atoms with Crippen LogP contribution in [0.5, 0.6) is 0 Å². The van der Waals surface area contributed by atoms with Crippen molar-refractivity contribution in [1.29, 1.82) is 0 Å². The fourth-order valence-corrected chi connectivity index (χ4v) is 2.00. The Labute approximate surface area is 114 Å². The van der Waals surface area contributed by atoms with Gasteiger partial charge in [-0.2, -0.15) is 5.10 Å². The van der Waals surface area contributed by atoms with E-state index in [0.29, 0.717) is 0 Å². The van der Waals surface area contributed by atoms with Gasteiger partial charge >= 0.3 is 0 Å². The smallest absolute Gasteiger partial charge is 0.174 e. The molecule has 0 amide bonds. The molecule has 5 heteroatoms. The predicted molar refractivity (Wildman–Crippen MR) is 76.8 cm³/mol. The second kappa shape index (κ2) is 5.82. The minimum atomic E-state index is 0.770. The van der Waals surface area contributed by atoms with Crippen molar-refractivity contribution in [3.8, 4) is 5.82 Å². The third-order valence-corrected chi connectivity index (χ3v) is 3.07. The summed E-state index contributed by atoms with van der Waals surface area (Å²) in [5.74, 6) is 1.66. The van der Waals surface area contributed by atoms with Gasteiger partial charge in [-0.15, -0.1) is 0 Å². The first-order chi connectivity index (χ1) is 9.11. The molecule has 0 bridgehead atoms. The molecule has 0 N–H and O–H groups in total. The Bertz CT molecular complexity index is 547. The average Bonchev–Trinajstić information content (AvgIpc) is 2.75. The lowest BCUT2D eigenvalue weighted by molar-refractivity contribution is 0.747. The number of aryl methyl sites for hydroxylation is 2. The molecule has 0 spiro atoms. The van der Waals surface area contributed by atoms with E-state index in [1.54, 1.807) is 12.4 Å². The van der Waals surface area contributed by atoms with Gasteiger partial charge in [0, 0.05) is 19.3 Å². The van der Waals surface area contributed by atoms with Gasteiger partial charge in [-0.3, -0.25) is 4.98 Å². The van der Waals surface area contributed by atoms with Crippen LogP contribution in [-0.2, 0) is 0 Å². The van der Waals surface area contributed by atoms with Crippen molar-refractivity contribution < 1.29 is 0 Å². The molecule has 0 fully saturated rings. The minimum Gasteiger partial charge on any atom is -0.358 e. The van der Waals surface area contributed by atoms with Gasteiger partial charge in [0.1, 0.15) is 5.82 Å². The van der Waals surface area contributed by atoms with Crippen LogP contribution in [0.2, 0.25) is 0 Å². The first-order valence-electron chi connectivity index (χ1n) is 6.68. The Kier molecular flexibility index (Phi) is 4.14. The third kappa shape index (κ3) is 3.10.